The number of pyridine rings is 1. The lowest BCUT2D eigenvalue weighted by Gasteiger charge is -2.10. The van der Waals surface area contributed by atoms with Gasteiger partial charge < -0.3 is 25.8 Å². The van der Waals surface area contributed by atoms with E-state index in [2.05, 4.69) is 43.1 Å². The van der Waals surface area contributed by atoms with Gasteiger partial charge in [0.05, 0.1) is 25.5 Å². The number of benzene rings is 1. The first-order valence-electron chi connectivity index (χ1n) is 9.42. The number of nitrogens with zero attached hydrogens (tertiary/aromatic N) is 5. The van der Waals surface area contributed by atoms with Crippen molar-refractivity contribution in [2.45, 2.75) is 13.1 Å². The van der Waals surface area contributed by atoms with Gasteiger partial charge in [0.2, 0.25) is 5.88 Å². The Labute approximate surface area is 171 Å². The van der Waals surface area contributed by atoms with Crippen LogP contribution in [0.15, 0.2) is 49.2 Å². The standard InChI is InChI=1S/C21H20N8O/c1-30-17-3-2-12(8-24-17)13-4-14-6-16(7-22)28-18(14)15(5-13)9-29-11-27-19-20(23)25-10-26-21(19)29/h2-6,8,10-11,28H,7,9,22H2,1H3,(H2,23,25,26). The minimum Gasteiger partial charge on any atom is -0.481 e. The quantitative estimate of drug-likeness (QED) is 0.412. The molecule has 1 aromatic carbocycles. The Morgan fingerprint density at radius 1 is 1.07 bits per heavy atom. The van der Waals surface area contributed by atoms with Crippen LogP contribution in [-0.4, -0.2) is 36.6 Å². The molecule has 9 heteroatoms. The van der Waals surface area contributed by atoms with Crippen molar-refractivity contribution >= 4 is 27.9 Å². The van der Waals surface area contributed by atoms with Gasteiger partial charge in [0.15, 0.2) is 11.5 Å². The molecule has 0 aliphatic carbocycles. The number of methoxy groups -OCH3 is 1. The molecule has 150 valence electrons. The van der Waals surface area contributed by atoms with Crippen molar-refractivity contribution in [1.29, 1.82) is 0 Å². The summed E-state index contributed by atoms with van der Waals surface area (Å²) < 4.78 is 7.13. The zero-order chi connectivity index (χ0) is 20.7. The summed E-state index contributed by atoms with van der Waals surface area (Å²) in [4.78, 5) is 20.5. The molecule has 0 unspecified atom stereocenters. The van der Waals surface area contributed by atoms with E-state index in [1.807, 2.05) is 16.7 Å². The summed E-state index contributed by atoms with van der Waals surface area (Å²) in [5.74, 6) is 0.946. The van der Waals surface area contributed by atoms with Gasteiger partial charge in [0, 0.05) is 35.5 Å². The highest BCUT2D eigenvalue weighted by Crippen LogP contribution is 2.30. The van der Waals surface area contributed by atoms with Gasteiger partial charge >= 0.3 is 0 Å². The van der Waals surface area contributed by atoms with Crippen LogP contribution in [0.5, 0.6) is 5.88 Å². The van der Waals surface area contributed by atoms with Crippen LogP contribution in [0.2, 0.25) is 0 Å². The molecule has 0 saturated carbocycles. The van der Waals surface area contributed by atoms with Crippen molar-refractivity contribution < 1.29 is 4.74 Å². The largest absolute Gasteiger partial charge is 0.481 e. The van der Waals surface area contributed by atoms with Crippen LogP contribution < -0.4 is 16.2 Å². The van der Waals surface area contributed by atoms with Gasteiger partial charge in [-0.1, -0.05) is 0 Å². The molecule has 0 atom stereocenters. The Kier molecular flexibility index (Phi) is 4.29. The summed E-state index contributed by atoms with van der Waals surface area (Å²) >= 11 is 0. The van der Waals surface area contributed by atoms with Crippen LogP contribution in [0, 0.1) is 0 Å². The lowest BCUT2D eigenvalue weighted by Crippen LogP contribution is -2.02. The number of hydrogen-bond donors (Lipinski definition) is 3. The van der Waals surface area contributed by atoms with Gasteiger partial charge in [-0.05, 0) is 35.4 Å². The van der Waals surface area contributed by atoms with Gasteiger partial charge in [-0.25, -0.2) is 19.9 Å². The molecular formula is C21H20N8O. The number of aromatic amines is 1. The van der Waals surface area contributed by atoms with Crippen molar-refractivity contribution in [1.82, 2.24) is 29.5 Å². The van der Waals surface area contributed by atoms with Crippen LogP contribution in [0.25, 0.3) is 33.2 Å². The van der Waals surface area contributed by atoms with Crippen LogP contribution in [0.3, 0.4) is 0 Å². The molecule has 0 fully saturated rings. The molecule has 5 N–H and O–H groups in total. The molecule has 5 aromatic rings. The van der Waals surface area contributed by atoms with Gasteiger partial charge in [0.25, 0.3) is 0 Å². The summed E-state index contributed by atoms with van der Waals surface area (Å²) in [5.41, 5.74) is 18.2. The summed E-state index contributed by atoms with van der Waals surface area (Å²) in [6.45, 7) is 0.997. The summed E-state index contributed by atoms with van der Waals surface area (Å²) in [6, 6.07) is 10.2. The predicted octanol–water partition coefficient (Wildman–Crippen LogP) is 2.47. The van der Waals surface area contributed by atoms with Crippen molar-refractivity contribution in [3.8, 4) is 17.0 Å². The van der Waals surface area contributed by atoms with Gasteiger partial charge in [-0.3, -0.25) is 0 Å². The Morgan fingerprint density at radius 2 is 1.97 bits per heavy atom. The van der Waals surface area contributed by atoms with Gasteiger partial charge in [-0.2, -0.15) is 0 Å². The third kappa shape index (κ3) is 3.01. The molecule has 0 amide bonds. The fourth-order valence-corrected chi connectivity index (χ4v) is 3.65. The monoisotopic (exact) mass is 400 g/mol. The zero-order valence-electron chi connectivity index (χ0n) is 16.3. The molecule has 0 bridgehead atoms. The van der Waals surface area contributed by atoms with Crippen molar-refractivity contribution in [2.75, 3.05) is 12.8 Å². The molecular weight excluding hydrogens is 380 g/mol. The van der Waals surface area contributed by atoms with E-state index in [1.165, 1.54) is 6.33 Å². The normalized spacial score (nSPS) is 11.4. The third-order valence-electron chi connectivity index (χ3n) is 5.13. The second-order valence-electron chi connectivity index (χ2n) is 6.99. The Balaban J connectivity index is 1.65. The van der Waals surface area contributed by atoms with E-state index in [1.54, 1.807) is 19.6 Å². The molecule has 4 heterocycles. The van der Waals surface area contributed by atoms with Gasteiger partial charge in [0.1, 0.15) is 11.8 Å². The number of anilines is 1. The number of nitrogens with two attached hydrogens (primary N) is 2. The Bertz CT molecular complexity index is 1350. The first-order valence-corrected chi connectivity index (χ1v) is 9.42. The minimum absolute atomic E-state index is 0.368. The fourth-order valence-electron chi connectivity index (χ4n) is 3.65. The predicted molar refractivity (Wildman–Crippen MR) is 115 cm³/mol. The number of H-pyrrole nitrogens is 1. The number of fused-ring (bicyclic) bond motifs is 2. The number of aromatic nitrogens is 6. The molecule has 0 radical (unpaired) electrons. The molecule has 5 rings (SSSR count). The lowest BCUT2D eigenvalue weighted by molar-refractivity contribution is 0.398. The number of ether oxygens (including phenoxy) is 1. The van der Waals surface area contributed by atoms with Crippen LogP contribution in [0.1, 0.15) is 11.3 Å². The van der Waals surface area contributed by atoms with Crippen molar-refractivity contribution in [3.63, 3.8) is 0 Å². The minimum atomic E-state index is 0.368. The van der Waals surface area contributed by atoms with E-state index in [9.17, 15) is 0 Å². The lowest BCUT2D eigenvalue weighted by atomic mass is 10.0. The zero-order valence-corrected chi connectivity index (χ0v) is 16.3. The first kappa shape index (κ1) is 18.1. The number of imidazole rings is 1. The molecule has 0 saturated heterocycles. The van der Waals surface area contributed by atoms with Crippen LogP contribution >= 0.6 is 0 Å². The van der Waals surface area contributed by atoms with E-state index in [4.69, 9.17) is 16.2 Å². The Hall–Kier alpha value is -3.98. The van der Waals surface area contributed by atoms with Crippen molar-refractivity contribution in [2.24, 2.45) is 5.73 Å². The molecule has 9 nitrogen and oxygen atoms in total. The maximum Gasteiger partial charge on any atom is 0.212 e. The number of nitrogen functional groups attached to an aromatic ring is 1. The average Bonchev–Trinajstić information content (AvgIpc) is 3.39. The molecule has 30 heavy (non-hydrogen) atoms. The fraction of sp³-hybridized carbons (Fsp3) is 0.143. The summed E-state index contributed by atoms with van der Waals surface area (Å²) in [7, 11) is 1.60. The summed E-state index contributed by atoms with van der Waals surface area (Å²) in [6.07, 6.45) is 4.99. The molecule has 0 aliphatic heterocycles. The second-order valence-corrected chi connectivity index (χ2v) is 6.99. The van der Waals surface area contributed by atoms with E-state index >= 15 is 0 Å². The second kappa shape index (κ2) is 7.12. The van der Waals surface area contributed by atoms with Crippen molar-refractivity contribution in [3.05, 3.63) is 60.4 Å². The molecule has 0 aliphatic rings. The van der Waals surface area contributed by atoms with Gasteiger partial charge in [-0.15, -0.1) is 0 Å². The number of rotatable bonds is 5. The highest BCUT2D eigenvalue weighted by atomic mass is 16.5. The number of nitrogens with one attached hydrogen (secondary N) is 1. The first-order chi connectivity index (χ1) is 14.7. The molecule has 0 spiro atoms. The Morgan fingerprint density at radius 3 is 2.73 bits per heavy atom. The average molecular weight is 400 g/mol. The summed E-state index contributed by atoms with van der Waals surface area (Å²) in [5, 5.41) is 1.08. The van der Waals surface area contributed by atoms with E-state index in [-0.39, 0.29) is 0 Å². The SMILES string of the molecule is COc1ccc(-c2cc(Cn3cnc4c(N)ncnc43)c3[nH]c(CN)cc3c2)cn1. The van der Waals surface area contributed by atoms with E-state index in [0.717, 1.165) is 33.3 Å². The van der Waals surface area contributed by atoms with Crippen LogP contribution in [-0.2, 0) is 13.1 Å². The maximum atomic E-state index is 5.93. The van der Waals surface area contributed by atoms with E-state index in [0.29, 0.717) is 36.0 Å². The van der Waals surface area contributed by atoms with E-state index < -0.39 is 0 Å². The number of hydrogen-bond acceptors (Lipinski definition) is 7. The molecule has 4 aromatic heterocycles. The highest BCUT2D eigenvalue weighted by Gasteiger charge is 2.13. The smallest absolute Gasteiger partial charge is 0.212 e. The van der Waals surface area contributed by atoms with Crippen LogP contribution in [0.4, 0.5) is 5.82 Å². The topological polar surface area (TPSA) is 134 Å². The third-order valence-corrected chi connectivity index (χ3v) is 5.13. The highest BCUT2D eigenvalue weighted by molar-refractivity contribution is 5.89. The maximum absolute atomic E-state index is 5.93.